The van der Waals surface area contributed by atoms with Crippen LogP contribution in [0.1, 0.15) is 5.56 Å². The largest absolute Gasteiger partial charge is 0.504 e. The van der Waals surface area contributed by atoms with Gasteiger partial charge in [0.15, 0.2) is 11.5 Å². The Balaban J connectivity index is 2.13. The molecule has 0 unspecified atom stereocenters. The summed E-state index contributed by atoms with van der Waals surface area (Å²) in [6.45, 7) is 0.233. The van der Waals surface area contributed by atoms with Crippen molar-refractivity contribution in [1.82, 2.24) is 0 Å². The molecular weight excluding hydrogens is 269 g/mol. The summed E-state index contributed by atoms with van der Waals surface area (Å²) >= 11 is 5.93. The number of anilines is 1. The standard InChI is InChI=1S/C14H13ClFNO2/c1-19-14-6-5-9(7-13(14)18)17-8-10-11(15)3-2-4-12(10)16/h2-7,17-18H,8H2,1H3. The molecule has 0 aliphatic rings. The highest BCUT2D eigenvalue weighted by Crippen LogP contribution is 2.29. The minimum absolute atomic E-state index is 0.0205. The maximum Gasteiger partial charge on any atom is 0.160 e. The molecule has 0 aliphatic carbocycles. The Labute approximate surface area is 115 Å². The van der Waals surface area contributed by atoms with Crippen LogP contribution in [0.2, 0.25) is 5.02 Å². The van der Waals surface area contributed by atoms with Gasteiger partial charge in [-0.25, -0.2) is 4.39 Å². The van der Waals surface area contributed by atoms with E-state index in [0.29, 0.717) is 22.0 Å². The van der Waals surface area contributed by atoms with Crippen molar-refractivity contribution in [2.24, 2.45) is 0 Å². The van der Waals surface area contributed by atoms with Crippen molar-refractivity contribution >= 4 is 17.3 Å². The smallest absolute Gasteiger partial charge is 0.160 e. The fourth-order valence-electron chi connectivity index (χ4n) is 1.69. The maximum atomic E-state index is 13.6. The van der Waals surface area contributed by atoms with Gasteiger partial charge in [-0.15, -0.1) is 0 Å². The van der Waals surface area contributed by atoms with Crippen molar-refractivity contribution in [2.75, 3.05) is 12.4 Å². The SMILES string of the molecule is COc1ccc(NCc2c(F)cccc2Cl)cc1O. The van der Waals surface area contributed by atoms with Crippen LogP contribution in [-0.2, 0) is 6.54 Å². The van der Waals surface area contributed by atoms with Crippen LogP contribution in [0.25, 0.3) is 0 Å². The third kappa shape index (κ3) is 3.09. The molecule has 2 aromatic carbocycles. The average molecular weight is 282 g/mol. The molecule has 2 N–H and O–H groups in total. The zero-order valence-corrected chi connectivity index (χ0v) is 11.0. The molecule has 0 amide bonds. The monoisotopic (exact) mass is 281 g/mol. The normalized spacial score (nSPS) is 10.3. The fourth-order valence-corrected chi connectivity index (χ4v) is 1.92. The van der Waals surface area contributed by atoms with E-state index in [9.17, 15) is 9.50 Å². The van der Waals surface area contributed by atoms with Crippen LogP contribution < -0.4 is 10.1 Å². The van der Waals surface area contributed by atoms with Gasteiger partial charge in [0, 0.05) is 28.9 Å². The summed E-state index contributed by atoms with van der Waals surface area (Å²) in [6, 6.07) is 9.41. The van der Waals surface area contributed by atoms with Crippen molar-refractivity contribution in [3.63, 3.8) is 0 Å². The lowest BCUT2D eigenvalue weighted by molar-refractivity contribution is 0.373. The molecule has 0 spiro atoms. The summed E-state index contributed by atoms with van der Waals surface area (Å²) in [4.78, 5) is 0. The number of ether oxygens (including phenoxy) is 1. The lowest BCUT2D eigenvalue weighted by Gasteiger charge is -2.10. The molecular formula is C14H13ClFNO2. The molecule has 0 aliphatic heterocycles. The Morgan fingerprint density at radius 1 is 1.32 bits per heavy atom. The van der Waals surface area contributed by atoms with Crippen LogP contribution in [-0.4, -0.2) is 12.2 Å². The number of halogens is 2. The highest BCUT2D eigenvalue weighted by Gasteiger charge is 2.07. The molecule has 5 heteroatoms. The number of methoxy groups -OCH3 is 1. The molecule has 0 aromatic heterocycles. The summed E-state index contributed by atoms with van der Waals surface area (Å²) in [6.07, 6.45) is 0. The van der Waals surface area contributed by atoms with E-state index in [0.717, 1.165) is 0 Å². The van der Waals surface area contributed by atoms with E-state index in [-0.39, 0.29) is 18.1 Å². The zero-order valence-electron chi connectivity index (χ0n) is 10.3. The van der Waals surface area contributed by atoms with E-state index in [1.54, 1.807) is 24.3 Å². The van der Waals surface area contributed by atoms with Gasteiger partial charge < -0.3 is 15.2 Å². The van der Waals surface area contributed by atoms with Crippen molar-refractivity contribution < 1.29 is 14.2 Å². The van der Waals surface area contributed by atoms with Crippen LogP contribution in [0.15, 0.2) is 36.4 Å². The summed E-state index contributed by atoms with van der Waals surface area (Å²) in [5, 5.41) is 13.0. The van der Waals surface area contributed by atoms with Crippen LogP contribution in [0.5, 0.6) is 11.5 Å². The maximum absolute atomic E-state index is 13.6. The van der Waals surface area contributed by atoms with Crippen molar-refractivity contribution in [3.8, 4) is 11.5 Å². The fraction of sp³-hybridized carbons (Fsp3) is 0.143. The molecule has 19 heavy (non-hydrogen) atoms. The van der Waals surface area contributed by atoms with Crippen LogP contribution in [0, 0.1) is 5.82 Å². The number of rotatable bonds is 4. The molecule has 0 radical (unpaired) electrons. The van der Waals surface area contributed by atoms with Gasteiger partial charge in [0.05, 0.1) is 7.11 Å². The van der Waals surface area contributed by atoms with Gasteiger partial charge >= 0.3 is 0 Å². The zero-order chi connectivity index (χ0) is 13.8. The topological polar surface area (TPSA) is 41.5 Å². The van der Waals surface area contributed by atoms with Gasteiger partial charge in [-0.05, 0) is 24.3 Å². The number of benzene rings is 2. The van der Waals surface area contributed by atoms with Gasteiger partial charge in [-0.1, -0.05) is 17.7 Å². The third-order valence-corrected chi connectivity index (χ3v) is 3.06. The van der Waals surface area contributed by atoms with E-state index in [1.807, 2.05) is 0 Å². The first-order chi connectivity index (χ1) is 9.11. The van der Waals surface area contributed by atoms with Gasteiger partial charge in [-0.2, -0.15) is 0 Å². The molecule has 0 heterocycles. The summed E-state index contributed by atoms with van der Waals surface area (Å²) < 4.78 is 18.5. The molecule has 2 aromatic rings. The quantitative estimate of drug-likeness (QED) is 0.895. The average Bonchev–Trinajstić information content (AvgIpc) is 2.38. The summed E-state index contributed by atoms with van der Waals surface area (Å²) in [5.74, 6) is 0.0411. The number of hydrogen-bond donors (Lipinski definition) is 2. The Morgan fingerprint density at radius 3 is 2.74 bits per heavy atom. The number of phenols is 1. The lowest BCUT2D eigenvalue weighted by Crippen LogP contribution is -2.02. The highest BCUT2D eigenvalue weighted by molar-refractivity contribution is 6.31. The molecule has 100 valence electrons. The molecule has 0 bridgehead atoms. The van der Waals surface area contributed by atoms with Crippen molar-refractivity contribution in [2.45, 2.75) is 6.54 Å². The van der Waals surface area contributed by atoms with Gasteiger partial charge in [0.1, 0.15) is 5.82 Å². The van der Waals surface area contributed by atoms with Gasteiger partial charge in [0.25, 0.3) is 0 Å². The Morgan fingerprint density at radius 2 is 2.11 bits per heavy atom. The number of phenolic OH excluding ortho intramolecular Hbond substituents is 1. The summed E-state index contributed by atoms with van der Waals surface area (Å²) in [5.41, 5.74) is 1.04. The van der Waals surface area contributed by atoms with Crippen LogP contribution in [0.3, 0.4) is 0 Å². The number of hydrogen-bond acceptors (Lipinski definition) is 3. The van der Waals surface area contributed by atoms with Crippen molar-refractivity contribution in [1.29, 1.82) is 0 Å². The van der Waals surface area contributed by atoms with Gasteiger partial charge in [-0.3, -0.25) is 0 Å². The van der Waals surface area contributed by atoms with E-state index < -0.39 is 0 Å². The first-order valence-corrected chi connectivity index (χ1v) is 6.03. The Hall–Kier alpha value is -1.94. The molecule has 0 saturated carbocycles. The van der Waals surface area contributed by atoms with E-state index in [4.69, 9.17) is 16.3 Å². The van der Waals surface area contributed by atoms with E-state index in [2.05, 4.69) is 5.32 Å². The second kappa shape index (κ2) is 5.80. The predicted octanol–water partition coefficient (Wildman–Crippen LogP) is 3.81. The van der Waals surface area contributed by atoms with Crippen LogP contribution in [0.4, 0.5) is 10.1 Å². The second-order valence-electron chi connectivity index (χ2n) is 3.94. The molecule has 0 fully saturated rings. The molecule has 0 atom stereocenters. The lowest BCUT2D eigenvalue weighted by atomic mass is 10.2. The highest BCUT2D eigenvalue weighted by atomic mass is 35.5. The number of nitrogens with one attached hydrogen (secondary N) is 1. The predicted molar refractivity (Wildman–Crippen MR) is 73.4 cm³/mol. The minimum Gasteiger partial charge on any atom is -0.504 e. The summed E-state index contributed by atoms with van der Waals surface area (Å²) in [7, 11) is 1.47. The first kappa shape index (κ1) is 13.5. The molecule has 0 saturated heterocycles. The van der Waals surface area contributed by atoms with E-state index in [1.165, 1.54) is 19.2 Å². The van der Waals surface area contributed by atoms with Gasteiger partial charge in [0.2, 0.25) is 0 Å². The van der Waals surface area contributed by atoms with Crippen molar-refractivity contribution in [3.05, 3.63) is 52.8 Å². The minimum atomic E-state index is -0.363. The number of aromatic hydroxyl groups is 1. The molecule has 2 rings (SSSR count). The third-order valence-electron chi connectivity index (χ3n) is 2.71. The molecule has 3 nitrogen and oxygen atoms in total. The Bertz CT molecular complexity index is 569. The second-order valence-corrected chi connectivity index (χ2v) is 4.35. The Kier molecular flexibility index (Phi) is 4.12. The van der Waals surface area contributed by atoms with E-state index >= 15 is 0 Å². The first-order valence-electron chi connectivity index (χ1n) is 5.65. The van der Waals surface area contributed by atoms with Crippen LogP contribution >= 0.6 is 11.6 Å².